The van der Waals surface area contributed by atoms with E-state index in [2.05, 4.69) is 4.83 Å². The Kier molecular flexibility index (Phi) is 6.71. The number of rotatable bonds is 8. The van der Waals surface area contributed by atoms with Gasteiger partial charge in [0.1, 0.15) is 0 Å². The molecule has 0 aliphatic heterocycles. The molecule has 0 saturated heterocycles. The van der Waals surface area contributed by atoms with E-state index in [1.54, 1.807) is 60.7 Å². The molecule has 3 rings (SSSR count). The van der Waals surface area contributed by atoms with Gasteiger partial charge in [0.2, 0.25) is 0 Å². The summed E-state index contributed by atoms with van der Waals surface area (Å²) in [6.07, 6.45) is 0.313. The van der Waals surface area contributed by atoms with Crippen LogP contribution < -0.4 is 9.57 Å². The maximum atomic E-state index is 13.0. The van der Waals surface area contributed by atoms with Crippen LogP contribution in [0.25, 0.3) is 0 Å². The van der Waals surface area contributed by atoms with Gasteiger partial charge >= 0.3 is 0 Å². The quantitative estimate of drug-likeness (QED) is 0.540. The van der Waals surface area contributed by atoms with Crippen molar-refractivity contribution in [3.63, 3.8) is 0 Å². The zero-order chi connectivity index (χ0) is 21.6. The Labute approximate surface area is 175 Å². The van der Waals surface area contributed by atoms with Crippen LogP contribution in [-0.2, 0) is 16.4 Å². The average Bonchev–Trinajstić information content (AvgIpc) is 2.77. The summed E-state index contributed by atoms with van der Waals surface area (Å²) in [5.74, 6) is -0.172. The van der Waals surface area contributed by atoms with Gasteiger partial charge in [-0.3, -0.25) is 9.80 Å². The number of carbonyl (C=O) groups excluding carboxylic acids is 1. The van der Waals surface area contributed by atoms with E-state index in [-0.39, 0.29) is 17.2 Å². The van der Waals surface area contributed by atoms with Crippen molar-refractivity contribution in [2.45, 2.75) is 11.3 Å². The Bertz CT molecular complexity index is 1100. The van der Waals surface area contributed by atoms with E-state index in [4.69, 9.17) is 4.74 Å². The molecule has 0 spiro atoms. The number of sulfonamides is 1. The Hall–Kier alpha value is -3.36. The summed E-state index contributed by atoms with van der Waals surface area (Å²) in [7, 11) is -2.50. The standard InChI is InChI=1S/C22H22N2O5S/c1-29-21-13-12-17(16-20(21)25)14-15-24(22(26)18-8-4-2-5-9-18)23-30(27,28)19-10-6-3-7-11-19/h2-13,16,23,25H,14-15H2,1H3. The van der Waals surface area contributed by atoms with E-state index in [0.717, 1.165) is 10.6 Å². The molecule has 3 aromatic rings. The first-order valence-electron chi connectivity index (χ1n) is 9.21. The number of benzene rings is 3. The molecule has 0 atom stereocenters. The number of hydrogen-bond acceptors (Lipinski definition) is 5. The molecule has 156 valence electrons. The number of amides is 1. The van der Waals surface area contributed by atoms with Gasteiger partial charge in [-0.25, -0.2) is 8.42 Å². The number of methoxy groups -OCH3 is 1. The number of nitrogens with zero attached hydrogens (tertiary/aromatic N) is 1. The second-order valence-corrected chi connectivity index (χ2v) is 8.15. The Morgan fingerprint density at radius 1 is 1.00 bits per heavy atom. The molecule has 3 aromatic carbocycles. The molecule has 0 saturated carbocycles. The Morgan fingerprint density at radius 3 is 2.23 bits per heavy atom. The predicted molar refractivity (Wildman–Crippen MR) is 113 cm³/mol. The summed E-state index contributed by atoms with van der Waals surface area (Å²) in [6.45, 7) is 0.0611. The molecule has 7 nitrogen and oxygen atoms in total. The molecule has 1 amide bonds. The van der Waals surface area contributed by atoms with Crippen molar-refractivity contribution in [1.82, 2.24) is 9.84 Å². The molecule has 0 fully saturated rings. The Morgan fingerprint density at radius 2 is 1.63 bits per heavy atom. The third-order valence-electron chi connectivity index (χ3n) is 4.42. The molecule has 0 heterocycles. The maximum Gasteiger partial charge on any atom is 0.268 e. The van der Waals surface area contributed by atoms with Crippen LogP contribution >= 0.6 is 0 Å². The topological polar surface area (TPSA) is 95.9 Å². The van der Waals surface area contributed by atoms with E-state index in [1.165, 1.54) is 25.3 Å². The summed E-state index contributed by atoms with van der Waals surface area (Å²) in [5, 5.41) is 11.0. The second-order valence-electron chi connectivity index (χ2n) is 6.49. The van der Waals surface area contributed by atoms with Crippen LogP contribution in [0.2, 0.25) is 0 Å². The van der Waals surface area contributed by atoms with Crippen molar-refractivity contribution in [3.8, 4) is 11.5 Å². The minimum atomic E-state index is -3.95. The van der Waals surface area contributed by atoms with E-state index < -0.39 is 15.9 Å². The molecular formula is C22H22N2O5S. The molecule has 0 aliphatic rings. The lowest BCUT2D eigenvalue weighted by atomic mass is 10.1. The fourth-order valence-electron chi connectivity index (χ4n) is 2.85. The van der Waals surface area contributed by atoms with Crippen LogP contribution in [0.15, 0.2) is 83.8 Å². The minimum Gasteiger partial charge on any atom is -0.504 e. The van der Waals surface area contributed by atoms with Gasteiger partial charge in [0.05, 0.1) is 12.0 Å². The van der Waals surface area contributed by atoms with Crippen LogP contribution in [0.3, 0.4) is 0 Å². The van der Waals surface area contributed by atoms with Crippen LogP contribution in [0.5, 0.6) is 11.5 Å². The zero-order valence-electron chi connectivity index (χ0n) is 16.4. The van der Waals surface area contributed by atoms with E-state index in [0.29, 0.717) is 17.7 Å². The van der Waals surface area contributed by atoms with Gasteiger partial charge in [0, 0.05) is 12.1 Å². The lowest BCUT2D eigenvalue weighted by Gasteiger charge is -2.23. The number of hydrazine groups is 1. The molecule has 30 heavy (non-hydrogen) atoms. The number of aromatic hydroxyl groups is 1. The van der Waals surface area contributed by atoms with E-state index in [9.17, 15) is 18.3 Å². The highest BCUT2D eigenvalue weighted by molar-refractivity contribution is 7.89. The largest absolute Gasteiger partial charge is 0.504 e. The fourth-order valence-corrected chi connectivity index (χ4v) is 3.94. The van der Waals surface area contributed by atoms with Gasteiger partial charge in [-0.1, -0.05) is 42.5 Å². The van der Waals surface area contributed by atoms with Gasteiger partial charge in [-0.05, 0) is 48.4 Å². The van der Waals surface area contributed by atoms with Gasteiger partial charge in [-0.15, -0.1) is 4.83 Å². The van der Waals surface area contributed by atoms with Crippen LogP contribution in [0, 0.1) is 0 Å². The summed E-state index contributed by atoms with van der Waals surface area (Å²) in [4.78, 5) is 15.4. The Balaban J connectivity index is 1.84. The van der Waals surface area contributed by atoms with Crippen LogP contribution in [0.1, 0.15) is 15.9 Å². The SMILES string of the molecule is COc1ccc(CCN(NS(=O)(=O)c2ccccc2)C(=O)c2ccccc2)cc1O. The average molecular weight is 426 g/mol. The predicted octanol–water partition coefficient (Wildman–Crippen LogP) is 2.98. The van der Waals surface area contributed by atoms with Crippen LogP contribution in [-0.4, -0.2) is 38.1 Å². The highest BCUT2D eigenvalue weighted by atomic mass is 32.2. The number of phenols is 1. The van der Waals surface area contributed by atoms with Crippen LogP contribution in [0.4, 0.5) is 0 Å². The molecule has 0 bridgehead atoms. The highest BCUT2D eigenvalue weighted by Gasteiger charge is 2.23. The first-order valence-corrected chi connectivity index (χ1v) is 10.7. The lowest BCUT2D eigenvalue weighted by Crippen LogP contribution is -2.47. The summed E-state index contributed by atoms with van der Waals surface area (Å²) < 4.78 is 30.6. The molecule has 0 aromatic heterocycles. The second kappa shape index (κ2) is 9.43. The third-order valence-corrected chi connectivity index (χ3v) is 5.77. The van der Waals surface area contributed by atoms with Crippen molar-refractivity contribution in [2.75, 3.05) is 13.7 Å². The first kappa shape index (κ1) is 21.4. The molecule has 0 aliphatic carbocycles. The number of hydrogen-bond donors (Lipinski definition) is 2. The van der Waals surface area contributed by atoms with Gasteiger partial charge < -0.3 is 9.84 Å². The van der Waals surface area contributed by atoms with Crippen molar-refractivity contribution in [3.05, 3.63) is 90.0 Å². The fraction of sp³-hybridized carbons (Fsp3) is 0.136. The summed E-state index contributed by atoms with van der Waals surface area (Å²) >= 11 is 0. The lowest BCUT2D eigenvalue weighted by molar-refractivity contribution is 0.0720. The molecule has 2 N–H and O–H groups in total. The molecule has 0 unspecified atom stereocenters. The third kappa shape index (κ3) is 5.16. The van der Waals surface area contributed by atoms with Crippen molar-refractivity contribution < 1.29 is 23.1 Å². The maximum absolute atomic E-state index is 13.0. The van der Waals surface area contributed by atoms with Crippen molar-refractivity contribution >= 4 is 15.9 Å². The first-order chi connectivity index (χ1) is 14.4. The summed E-state index contributed by atoms with van der Waals surface area (Å²) in [5.41, 5.74) is 1.07. The monoisotopic (exact) mass is 426 g/mol. The number of phenolic OH excluding ortho intramolecular Hbond substituents is 1. The van der Waals surface area contributed by atoms with Gasteiger partial charge in [0.15, 0.2) is 11.5 Å². The van der Waals surface area contributed by atoms with Gasteiger partial charge in [0.25, 0.3) is 15.9 Å². The summed E-state index contributed by atoms with van der Waals surface area (Å²) in [6, 6.07) is 21.1. The molecular weight excluding hydrogens is 404 g/mol. The number of carbonyl (C=O) groups is 1. The molecule has 0 radical (unpaired) electrons. The smallest absolute Gasteiger partial charge is 0.268 e. The molecule has 8 heteroatoms. The van der Waals surface area contributed by atoms with E-state index >= 15 is 0 Å². The number of nitrogens with one attached hydrogen (secondary N) is 1. The van der Waals surface area contributed by atoms with Crippen molar-refractivity contribution in [1.29, 1.82) is 0 Å². The normalized spacial score (nSPS) is 11.1. The van der Waals surface area contributed by atoms with Crippen molar-refractivity contribution in [2.24, 2.45) is 0 Å². The van der Waals surface area contributed by atoms with E-state index in [1.807, 2.05) is 0 Å². The highest BCUT2D eigenvalue weighted by Crippen LogP contribution is 2.26. The van der Waals surface area contributed by atoms with Gasteiger partial charge in [-0.2, -0.15) is 0 Å². The number of ether oxygens (including phenoxy) is 1. The minimum absolute atomic E-state index is 0.0270. The zero-order valence-corrected chi connectivity index (χ0v) is 17.2.